The van der Waals surface area contributed by atoms with Crippen LogP contribution in [0, 0.1) is 0 Å². The van der Waals surface area contributed by atoms with Crippen molar-refractivity contribution >= 4 is 0 Å². The van der Waals surface area contributed by atoms with Crippen LogP contribution in [0.25, 0.3) is 0 Å². The highest BCUT2D eigenvalue weighted by Gasteiger charge is 2.07. The largest absolute Gasteiger partial charge is 0.496 e. The Morgan fingerprint density at radius 3 is 2.57 bits per heavy atom. The van der Waals surface area contributed by atoms with Gasteiger partial charge in [-0.1, -0.05) is 13.0 Å². The SMILES string of the molecule is CCc1ccc(OC(F)F)cc1OC. The zero-order valence-corrected chi connectivity index (χ0v) is 8.09. The van der Waals surface area contributed by atoms with Gasteiger partial charge in [-0.25, -0.2) is 0 Å². The van der Waals surface area contributed by atoms with Gasteiger partial charge in [-0.2, -0.15) is 8.78 Å². The minimum atomic E-state index is -2.80. The number of halogens is 2. The molecule has 78 valence electrons. The Morgan fingerprint density at radius 1 is 1.36 bits per heavy atom. The molecule has 0 unspecified atom stereocenters. The number of ether oxygens (including phenoxy) is 2. The molecule has 4 heteroatoms. The van der Waals surface area contributed by atoms with Gasteiger partial charge in [0.1, 0.15) is 11.5 Å². The fraction of sp³-hybridized carbons (Fsp3) is 0.400. The summed E-state index contributed by atoms with van der Waals surface area (Å²) < 4.78 is 33.0. The van der Waals surface area contributed by atoms with E-state index in [1.165, 1.54) is 19.2 Å². The van der Waals surface area contributed by atoms with Gasteiger partial charge in [0.2, 0.25) is 0 Å². The Morgan fingerprint density at radius 2 is 2.07 bits per heavy atom. The minimum absolute atomic E-state index is 0.119. The quantitative estimate of drug-likeness (QED) is 0.747. The molecule has 0 heterocycles. The molecule has 0 saturated heterocycles. The molecule has 0 bridgehead atoms. The first-order valence-corrected chi connectivity index (χ1v) is 4.29. The molecule has 0 aliphatic carbocycles. The molecule has 0 radical (unpaired) electrons. The standard InChI is InChI=1S/C10H12F2O2/c1-3-7-4-5-8(14-10(11)12)6-9(7)13-2/h4-6,10H,3H2,1-2H3. The fourth-order valence-electron chi connectivity index (χ4n) is 1.19. The zero-order chi connectivity index (χ0) is 10.6. The molecule has 0 atom stereocenters. The first kappa shape index (κ1) is 10.8. The maximum Gasteiger partial charge on any atom is 0.387 e. The summed E-state index contributed by atoms with van der Waals surface area (Å²) in [5.41, 5.74) is 0.967. The van der Waals surface area contributed by atoms with E-state index in [9.17, 15) is 8.78 Å². The maximum atomic E-state index is 11.9. The Kier molecular flexibility index (Phi) is 3.68. The number of alkyl halides is 2. The van der Waals surface area contributed by atoms with Crippen LogP contribution in [0.15, 0.2) is 18.2 Å². The molecule has 2 nitrogen and oxygen atoms in total. The number of hydrogen-bond donors (Lipinski definition) is 0. The number of methoxy groups -OCH3 is 1. The van der Waals surface area contributed by atoms with Gasteiger partial charge in [-0.05, 0) is 18.1 Å². The highest BCUT2D eigenvalue weighted by Crippen LogP contribution is 2.25. The molecule has 0 N–H and O–H groups in total. The molecule has 0 aliphatic heterocycles. The van der Waals surface area contributed by atoms with E-state index in [2.05, 4.69) is 4.74 Å². The van der Waals surface area contributed by atoms with Gasteiger partial charge in [0, 0.05) is 6.07 Å². The molecule has 1 aromatic carbocycles. The van der Waals surface area contributed by atoms with Gasteiger partial charge in [-0.3, -0.25) is 0 Å². The lowest BCUT2D eigenvalue weighted by Crippen LogP contribution is -2.02. The summed E-state index contributed by atoms with van der Waals surface area (Å²) in [7, 11) is 1.50. The van der Waals surface area contributed by atoms with Gasteiger partial charge >= 0.3 is 6.61 Å². The van der Waals surface area contributed by atoms with Crippen molar-refractivity contribution in [2.75, 3.05) is 7.11 Å². The van der Waals surface area contributed by atoms with E-state index < -0.39 is 6.61 Å². The molecular formula is C10H12F2O2. The highest BCUT2D eigenvalue weighted by atomic mass is 19.3. The Labute approximate surface area is 81.4 Å². The Balaban J connectivity index is 2.89. The number of benzene rings is 1. The van der Waals surface area contributed by atoms with Crippen molar-refractivity contribution in [1.82, 2.24) is 0 Å². The summed E-state index contributed by atoms with van der Waals surface area (Å²) in [6, 6.07) is 4.69. The predicted molar refractivity (Wildman–Crippen MR) is 49.0 cm³/mol. The molecule has 0 aliphatic rings. The third-order valence-corrected chi connectivity index (χ3v) is 1.86. The first-order valence-electron chi connectivity index (χ1n) is 4.29. The molecule has 0 aromatic heterocycles. The maximum absolute atomic E-state index is 11.9. The second-order valence-corrected chi connectivity index (χ2v) is 2.71. The van der Waals surface area contributed by atoms with Crippen molar-refractivity contribution in [2.45, 2.75) is 20.0 Å². The van der Waals surface area contributed by atoms with E-state index in [1.54, 1.807) is 6.07 Å². The summed E-state index contributed by atoms with van der Waals surface area (Å²) >= 11 is 0. The molecule has 14 heavy (non-hydrogen) atoms. The van der Waals surface area contributed by atoms with Crippen LogP contribution in [0.1, 0.15) is 12.5 Å². The second-order valence-electron chi connectivity index (χ2n) is 2.71. The number of aryl methyl sites for hydroxylation is 1. The third-order valence-electron chi connectivity index (χ3n) is 1.86. The molecular weight excluding hydrogens is 190 g/mol. The fourth-order valence-corrected chi connectivity index (χ4v) is 1.19. The smallest absolute Gasteiger partial charge is 0.387 e. The van der Waals surface area contributed by atoms with Crippen molar-refractivity contribution in [1.29, 1.82) is 0 Å². The topological polar surface area (TPSA) is 18.5 Å². The van der Waals surface area contributed by atoms with Crippen LogP contribution >= 0.6 is 0 Å². The highest BCUT2D eigenvalue weighted by molar-refractivity contribution is 5.40. The average Bonchev–Trinajstić information content (AvgIpc) is 2.16. The second kappa shape index (κ2) is 4.79. The first-order chi connectivity index (χ1) is 6.67. The van der Waals surface area contributed by atoms with Gasteiger partial charge in [-0.15, -0.1) is 0 Å². The van der Waals surface area contributed by atoms with E-state index in [1.807, 2.05) is 6.92 Å². The van der Waals surface area contributed by atoms with Crippen LogP contribution in [-0.4, -0.2) is 13.7 Å². The van der Waals surface area contributed by atoms with E-state index in [0.717, 1.165) is 12.0 Å². The van der Waals surface area contributed by atoms with Crippen LogP contribution in [0.2, 0.25) is 0 Å². The summed E-state index contributed by atoms with van der Waals surface area (Å²) in [5, 5.41) is 0. The van der Waals surface area contributed by atoms with Crippen LogP contribution in [0.3, 0.4) is 0 Å². The normalized spacial score (nSPS) is 10.4. The number of hydrogen-bond acceptors (Lipinski definition) is 2. The van der Waals surface area contributed by atoms with Crippen molar-refractivity contribution in [3.05, 3.63) is 23.8 Å². The summed E-state index contributed by atoms with van der Waals surface area (Å²) in [4.78, 5) is 0. The monoisotopic (exact) mass is 202 g/mol. The average molecular weight is 202 g/mol. The van der Waals surface area contributed by atoms with Crippen LogP contribution < -0.4 is 9.47 Å². The van der Waals surface area contributed by atoms with Crippen molar-refractivity contribution < 1.29 is 18.3 Å². The summed E-state index contributed by atoms with van der Waals surface area (Å²) in [5.74, 6) is 0.694. The van der Waals surface area contributed by atoms with Crippen LogP contribution in [-0.2, 0) is 6.42 Å². The van der Waals surface area contributed by atoms with Crippen molar-refractivity contribution in [3.63, 3.8) is 0 Å². The summed E-state index contributed by atoms with van der Waals surface area (Å²) in [6.45, 7) is -0.835. The molecule has 1 aromatic rings. The number of rotatable bonds is 4. The van der Waals surface area contributed by atoms with E-state index >= 15 is 0 Å². The molecule has 0 saturated carbocycles. The lowest BCUT2D eigenvalue weighted by atomic mass is 10.1. The third kappa shape index (κ3) is 2.58. The molecule has 1 rings (SSSR count). The van der Waals surface area contributed by atoms with E-state index in [-0.39, 0.29) is 5.75 Å². The molecule has 0 fully saturated rings. The van der Waals surface area contributed by atoms with Gasteiger partial charge in [0.05, 0.1) is 7.11 Å². The summed E-state index contributed by atoms with van der Waals surface area (Å²) in [6.07, 6.45) is 0.790. The van der Waals surface area contributed by atoms with Crippen LogP contribution in [0.5, 0.6) is 11.5 Å². The lowest BCUT2D eigenvalue weighted by molar-refractivity contribution is -0.0499. The van der Waals surface area contributed by atoms with Crippen LogP contribution in [0.4, 0.5) is 8.78 Å². The van der Waals surface area contributed by atoms with Crippen molar-refractivity contribution in [3.8, 4) is 11.5 Å². The minimum Gasteiger partial charge on any atom is -0.496 e. The van der Waals surface area contributed by atoms with E-state index in [4.69, 9.17) is 4.74 Å². The predicted octanol–water partition coefficient (Wildman–Crippen LogP) is 2.86. The molecule has 0 spiro atoms. The van der Waals surface area contributed by atoms with Gasteiger partial charge < -0.3 is 9.47 Å². The Hall–Kier alpha value is -1.32. The lowest BCUT2D eigenvalue weighted by Gasteiger charge is -2.09. The van der Waals surface area contributed by atoms with E-state index in [0.29, 0.717) is 5.75 Å². The molecule has 0 amide bonds. The van der Waals surface area contributed by atoms with Gasteiger partial charge in [0.15, 0.2) is 0 Å². The van der Waals surface area contributed by atoms with Gasteiger partial charge in [0.25, 0.3) is 0 Å². The van der Waals surface area contributed by atoms with Crippen molar-refractivity contribution in [2.24, 2.45) is 0 Å². The zero-order valence-electron chi connectivity index (χ0n) is 8.09. The Bertz CT molecular complexity index is 300.